The van der Waals surface area contributed by atoms with Gasteiger partial charge in [0, 0.05) is 17.0 Å². The second-order valence-electron chi connectivity index (χ2n) is 7.75. The summed E-state index contributed by atoms with van der Waals surface area (Å²) < 4.78 is 38.8. The molecule has 11 nitrogen and oxygen atoms in total. The molecule has 34 heavy (non-hydrogen) atoms. The maximum atomic E-state index is 14.4. The van der Waals surface area contributed by atoms with Crippen LogP contribution in [-0.2, 0) is 30.1 Å². The summed E-state index contributed by atoms with van der Waals surface area (Å²) in [5.41, 5.74) is 6.78. The van der Waals surface area contributed by atoms with Gasteiger partial charge >= 0.3 is 6.72 Å². The van der Waals surface area contributed by atoms with Crippen LogP contribution >= 0.6 is 18.3 Å². The SMILES string of the molecule is Nc1ncnc2c1ncn2[C@@H]1O[C@H](COP2(=S)OCC[C@@H](c3ccc(Cl)cc3F)O2)[C@H](O)[C@@H]1O. The topological polar surface area (TPSA) is 147 Å². The molecular weight excluding hydrogens is 512 g/mol. The highest BCUT2D eigenvalue weighted by Crippen LogP contribution is 2.57. The number of nitrogens with two attached hydrogens (primary N) is 1. The lowest BCUT2D eigenvalue weighted by Gasteiger charge is -2.32. The summed E-state index contributed by atoms with van der Waals surface area (Å²) in [4.78, 5) is 12.1. The zero-order valence-electron chi connectivity index (χ0n) is 17.4. The number of rotatable bonds is 5. The smallest absolute Gasteiger partial charge is 0.327 e. The number of halogens is 2. The van der Waals surface area contributed by atoms with Crippen LogP contribution in [0.2, 0.25) is 5.02 Å². The number of fused-ring (bicyclic) bond motifs is 1. The van der Waals surface area contributed by atoms with E-state index in [0.29, 0.717) is 23.1 Å². The molecule has 2 aliphatic rings. The van der Waals surface area contributed by atoms with E-state index < -0.39 is 43.2 Å². The van der Waals surface area contributed by atoms with Crippen molar-refractivity contribution in [2.45, 2.75) is 37.1 Å². The molecule has 1 aromatic carbocycles. The Balaban J connectivity index is 1.28. The van der Waals surface area contributed by atoms with Crippen molar-refractivity contribution >= 4 is 47.1 Å². The van der Waals surface area contributed by atoms with Gasteiger partial charge in [-0.2, -0.15) is 0 Å². The minimum absolute atomic E-state index is 0.174. The first kappa shape index (κ1) is 23.9. The Morgan fingerprint density at radius 3 is 2.91 bits per heavy atom. The minimum Gasteiger partial charge on any atom is -0.387 e. The van der Waals surface area contributed by atoms with Crippen molar-refractivity contribution in [2.24, 2.45) is 0 Å². The largest absolute Gasteiger partial charge is 0.387 e. The summed E-state index contributed by atoms with van der Waals surface area (Å²) in [6, 6.07) is 4.29. The number of nitrogens with zero attached hydrogens (tertiary/aromatic N) is 4. The van der Waals surface area contributed by atoms with Gasteiger partial charge in [0.25, 0.3) is 0 Å². The van der Waals surface area contributed by atoms with Gasteiger partial charge in [-0.25, -0.2) is 19.3 Å². The molecule has 2 aromatic heterocycles. The monoisotopic (exact) mass is 531 g/mol. The molecule has 5 rings (SSSR count). The molecule has 4 heterocycles. The van der Waals surface area contributed by atoms with Crippen molar-refractivity contribution < 1.29 is 32.9 Å². The number of imidazole rings is 1. The third-order valence-corrected chi connectivity index (χ3v) is 8.19. The number of aliphatic hydroxyl groups excluding tert-OH is 2. The van der Waals surface area contributed by atoms with Gasteiger partial charge in [-0.15, -0.1) is 0 Å². The average Bonchev–Trinajstić information content (AvgIpc) is 3.35. The fraction of sp³-hybridized carbons (Fsp3) is 0.421. The molecule has 2 saturated heterocycles. The maximum absolute atomic E-state index is 14.4. The quantitative estimate of drug-likeness (QED) is 0.416. The number of hydrogen-bond acceptors (Lipinski definition) is 11. The Hall–Kier alpha value is -1.80. The predicted molar refractivity (Wildman–Crippen MR) is 122 cm³/mol. The van der Waals surface area contributed by atoms with Gasteiger partial charge in [0.15, 0.2) is 17.7 Å². The number of hydrogen-bond donors (Lipinski definition) is 3. The highest BCUT2D eigenvalue weighted by atomic mass is 35.5. The summed E-state index contributed by atoms with van der Waals surface area (Å²) in [6.07, 6.45) is -2.24. The molecule has 182 valence electrons. The molecule has 0 amide bonds. The van der Waals surface area contributed by atoms with Crippen LogP contribution in [0.25, 0.3) is 11.2 Å². The minimum atomic E-state index is -3.29. The van der Waals surface area contributed by atoms with Crippen LogP contribution in [0.5, 0.6) is 0 Å². The maximum Gasteiger partial charge on any atom is 0.327 e. The first-order valence-electron chi connectivity index (χ1n) is 10.2. The zero-order valence-corrected chi connectivity index (χ0v) is 19.9. The molecule has 0 bridgehead atoms. The van der Waals surface area contributed by atoms with Crippen molar-refractivity contribution in [3.63, 3.8) is 0 Å². The number of benzene rings is 1. The molecule has 3 aromatic rings. The summed E-state index contributed by atoms with van der Waals surface area (Å²) in [5, 5.41) is 21.4. The van der Waals surface area contributed by atoms with Crippen molar-refractivity contribution in [2.75, 3.05) is 18.9 Å². The lowest BCUT2D eigenvalue weighted by Crippen LogP contribution is -2.34. The Morgan fingerprint density at radius 2 is 2.12 bits per heavy atom. The number of nitrogen functional groups attached to an aromatic ring is 1. The van der Waals surface area contributed by atoms with Crippen LogP contribution in [-0.4, -0.2) is 61.3 Å². The van der Waals surface area contributed by atoms with Gasteiger partial charge in [0.2, 0.25) is 0 Å². The van der Waals surface area contributed by atoms with Crippen molar-refractivity contribution in [3.8, 4) is 0 Å². The zero-order chi connectivity index (χ0) is 24.0. The number of anilines is 1. The van der Waals surface area contributed by atoms with E-state index in [2.05, 4.69) is 15.0 Å². The third-order valence-electron chi connectivity index (χ3n) is 5.59. The molecular formula is C19H20ClFN5O6PS. The molecule has 2 fully saturated rings. The Labute approximate surface area is 202 Å². The summed E-state index contributed by atoms with van der Waals surface area (Å²) in [5.74, 6) is -0.341. The van der Waals surface area contributed by atoms with Gasteiger partial charge in [-0.05, 0) is 23.9 Å². The van der Waals surface area contributed by atoms with E-state index in [1.165, 1.54) is 29.4 Å². The van der Waals surface area contributed by atoms with Crippen LogP contribution in [0, 0.1) is 5.82 Å². The number of ether oxygens (including phenoxy) is 1. The number of aromatic nitrogens is 4. The van der Waals surface area contributed by atoms with Gasteiger partial charge in [0.1, 0.15) is 36.0 Å². The van der Waals surface area contributed by atoms with Crippen LogP contribution in [0.4, 0.5) is 10.2 Å². The third kappa shape index (κ3) is 4.43. The van der Waals surface area contributed by atoms with Gasteiger partial charge in [-0.1, -0.05) is 17.7 Å². The molecule has 0 aliphatic carbocycles. The highest BCUT2D eigenvalue weighted by Gasteiger charge is 2.45. The van der Waals surface area contributed by atoms with E-state index in [4.69, 9.17) is 47.4 Å². The van der Waals surface area contributed by atoms with Crippen LogP contribution in [0.3, 0.4) is 0 Å². The van der Waals surface area contributed by atoms with E-state index in [0.717, 1.165) is 0 Å². The summed E-state index contributed by atoms with van der Waals surface area (Å²) in [6.45, 7) is -3.32. The molecule has 2 aliphatic heterocycles. The van der Waals surface area contributed by atoms with Gasteiger partial charge in [-0.3, -0.25) is 4.57 Å². The predicted octanol–water partition coefficient (Wildman–Crippen LogP) is 2.24. The molecule has 1 unspecified atom stereocenters. The lowest BCUT2D eigenvalue weighted by molar-refractivity contribution is -0.0533. The highest BCUT2D eigenvalue weighted by molar-refractivity contribution is 8.07. The fourth-order valence-corrected chi connectivity index (χ4v) is 6.13. The normalized spacial score (nSPS) is 31.8. The number of aliphatic hydroxyl groups is 2. The Morgan fingerprint density at radius 1 is 1.29 bits per heavy atom. The summed E-state index contributed by atoms with van der Waals surface area (Å²) >= 11 is 11.3. The second kappa shape index (κ2) is 9.34. The van der Waals surface area contributed by atoms with Crippen molar-refractivity contribution in [1.29, 1.82) is 0 Å². The fourth-order valence-electron chi connectivity index (χ4n) is 3.87. The standard InChI is InChI=1S/C19H20ClFN5O6PS/c20-9-1-2-10(11(21)5-9)12-3-4-29-33(34,32-12)30-6-13-15(27)16(28)19(31-13)26-8-25-14-17(22)23-7-24-18(14)26/h1-2,5,7-8,12-13,15-16,19,27-28H,3-4,6H2,(H2,22,23,24)/t12-,13+,15-,16-,19+,33?/m0/s1. The van der Waals surface area contributed by atoms with Crippen molar-refractivity contribution in [3.05, 3.63) is 47.3 Å². The second-order valence-corrected chi connectivity index (χ2v) is 11.2. The van der Waals surface area contributed by atoms with E-state index >= 15 is 0 Å². The molecule has 15 heteroatoms. The molecule has 4 N–H and O–H groups in total. The lowest BCUT2D eigenvalue weighted by atomic mass is 10.1. The molecule has 0 radical (unpaired) electrons. The van der Waals surface area contributed by atoms with E-state index in [-0.39, 0.29) is 24.1 Å². The Bertz CT molecular complexity index is 1270. The van der Waals surface area contributed by atoms with Crippen LogP contribution in [0.15, 0.2) is 30.9 Å². The first-order valence-corrected chi connectivity index (χ1v) is 13.2. The van der Waals surface area contributed by atoms with E-state index in [9.17, 15) is 14.6 Å². The van der Waals surface area contributed by atoms with Crippen molar-refractivity contribution in [1.82, 2.24) is 19.5 Å². The molecule has 0 spiro atoms. The van der Waals surface area contributed by atoms with Crippen LogP contribution < -0.4 is 5.73 Å². The van der Waals surface area contributed by atoms with Gasteiger partial charge in [0.05, 0.1) is 25.6 Å². The van der Waals surface area contributed by atoms with E-state index in [1.807, 2.05) is 0 Å². The van der Waals surface area contributed by atoms with Crippen LogP contribution in [0.1, 0.15) is 24.3 Å². The average molecular weight is 532 g/mol. The molecule has 6 atom stereocenters. The summed E-state index contributed by atoms with van der Waals surface area (Å²) in [7, 11) is 0. The molecule has 0 saturated carbocycles. The van der Waals surface area contributed by atoms with E-state index in [1.54, 1.807) is 6.07 Å². The first-order chi connectivity index (χ1) is 16.3. The Kier molecular flexibility index (Phi) is 6.57. The van der Waals surface area contributed by atoms with Gasteiger partial charge < -0.3 is 34.3 Å².